The van der Waals surface area contributed by atoms with Crippen molar-refractivity contribution in [1.29, 1.82) is 0 Å². The Hall–Kier alpha value is -3.13. The predicted molar refractivity (Wildman–Crippen MR) is 118 cm³/mol. The van der Waals surface area contributed by atoms with Gasteiger partial charge in [0.15, 0.2) is 5.65 Å². The number of hydrogen-bond donors (Lipinski definition) is 2. The van der Waals surface area contributed by atoms with E-state index >= 15 is 0 Å². The third-order valence-electron chi connectivity index (χ3n) is 5.13. The van der Waals surface area contributed by atoms with Gasteiger partial charge in [0.1, 0.15) is 12.4 Å². The molecule has 2 heterocycles. The van der Waals surface area contributed by atoms with E-state index in [2.05, 4.69) is 15.3 Å². The van der Waals surface area contributed by atoms with E-state index in [1.807, 2.05) is 6.92 Å². The largest absolute Gasteiger partial charge is 0.492 e. The van der Waals surface area contributed by atoms with Crippen LogP contribution in [0.2, 0.25) is 5.02 Å². The average molecular weight is 443 g/mol. The van der Waals surface area contributed by atoms with E-state index in [0.717, 1.165) is 18.5 Å². The number of fused-ring (bicyclic) bond motifs is 1. The van der Waals surface area contributed by atoms with Gasteiger partial charge >= 0.3 is 5.69 Å². The highest BCUT2D eigenvalue weighted by molar-refractivity contribution is 6.30. The van der Waals surface area contributed by atoms with Gasteiger partial charge < -0.3 is 10.1 Å². The molecule has 1 aromatic carbocycles. The van der Waals surface area contributed by atoms with Crippen LogP contribution in [0.1, 0.15) is 48.2 Å². The molecule has 0 atom stereocenters. The van der Waals surface area contributed by atoms with Gasteiger partial charge in [0.05, 0.1) is 17.5 Å². The lowest BCUT2D eigenvalue weighted by Gasteiger charge is -2.13. The lowest BCUT2D eigenvalue weighted by molar-refractivity contribution is 0.0948. The minimum atomic E-state index is -0.607. The summed E-state index contributed by atoms with van der Waals surface area (Å²) in [5.74, 6) is 0.499. The van der Waals surface area contributed by atoms with Gasteiger partial charge in [-0.2, -0.15) is 0 Å². The monoisotopic (exact) mass is 442 g/mol. The average Bonchev–Trinajstić information content (AvgIpc) is 3.60. The van der Waals surface area contributed by atoms with Crippen LogP contribution in [-0.2, 0) is 6.54 Å². The number of nitrogens with one attached hydrogen (secondary N) is 2. The smallest absolute Gasteiger partial charge is 0.329 e. The number of pyridine rings is 1. The molecule has 1 aliphatic carbocycles. The maximum Gasteiger partial charge on any atom is 0.329 e. The summed E-state index contributed by atoms with van der Waals surface area (Å²) in [5.41, 5.74) is 0.115. The molecule has 1 amide bonds. The Bertz CT molecular complexity index is 1230. The standard InChI is InChI=1S/C22H23ClN4O4/c1-2-10-27-19-18(21(29)26-22(27)30)16(12-17(25-19)13-3-4-13)20(28)24-9-11-31-15-7-5-14(23)6-8-15/h5-8,12-13H,2-4,9-11H2,1H3,(H,24,28)(H,26,29,30). The van der Waals surface area contributed by atoms with E-state index in [1.165, 1.54) is 4.57 Å². The summed E-state index contributed by atoms with van der Waals surface area (Å²) in [6.07, 6.45) is 2.66. The quantitative estimate of drug-likeness (QED) is 0.522. The molecule has 0 saturated heterocycles. The third kappa shape index (κ3) is 4.64. The van der Waals surface area contributed by atoms with Crippen molar-refractivity contribution in [3.05, 3.63) is 67.4 Å². The van der Waals surface area contributed by atoms with Gasteiger partial charge in [0.25, 0.3) is 11.5 Å². The molecule has 0 spiro atoms. The molecule has 0 unspecified atom stereocenters. The number of carbonyl (C=O) groups is 1. The zero-order valence-corrected chi connectivity index (χ0v) is 17.9. The number of aromatic nitrogens is 3. The Morgan fingerprint density at radius 2 is 2.03 bits per heavy atom. The van der Waals surface area contributed by atoms with Gasteiger partial charge in [0, 0.05) is 23.2 Å². The highest BCUT2D eigenvalue weighted by atomic mass is 35.5. The molecule has 1 aliphatic rings. The second-order valence-corrected chi connectivity index (χ2v) is 7.97. The van der Waals surface area contributed by atoms with Crippen LogP contribution in [0.25, 0.3) is 11.0 Å². The van der Waals surface area contributed by atoms with Gasteiger partial charge in [-0.1, -0.05) is 18.5 Å². The molecule has 2 aromatic heterocycles. The SMILES string of the molecule is CCCn1c(=O)[nH]c(=O)c2c(C(=O)NCCOc3ccc(Cl)cc3)cc(C3CC3)nc21. The van der Waals surface area contributed by atoms with Crippen molar-refractivity contribution < 1.29 is 9.53 Å². The van der Waals surface area contributed by atoms with E-state index in [-0.39, 0.29) is 35.7 Å². The topological polar surface area (TPSA) is 106 Å². The number of benzene rings is 1. The van der Waals surface area contributed by atoms with Crippen LogP contribution in [-0.4, -0.2) is 33.6 Å². The Morgan fingerprint density at radius 3 is 2.71 bits per heavy atom. The molecule has 0 bridgehead atoms. The molecule has 0 radical (unpaired) electrons. The number of halogens is 1. The molecule has 1 saturated carbocycles. The summed E-state index contributed by atoms with van der Waals surface area (Å²) in [6, 6.07) is 8.61. The third-order valence-corrected chi connectivity index (χ3v) is 5.38. The summed E-state index contributed by atoms with van der Waals surface area (Å²) >= 11 is 5.86. The number of amides is 1. The van der Waals surface area contributed by atoms with Crippen LogP contribution >= 0.6 is 11.6 Å². The van der Waals surface area contributed by atoms with Gasteiger partial charge in [0.2, 0.25) is 0 Å². The molecule has 162 valence electrons. The van der Waals surface area contributed by atoms with Crippen molar-refractivity contribution in [2.45, 2.75) is 38.6 Å². The highest BCUT2D eigenvalue weighted by Crippen LogP contribution is 2.39. The number of carbonyl (C=O) groups excluding carboxylic acids is 1. The van der Waals surface area contributed by atoms with Crippen LogP contribution in [0.15, 0.2) is 39.9 Å². The highest BCUT2D eigenvalue weighted by Gasteiger charge is 2.28. The zero-order chi connectivity index (χ0) is 22.0. The molecule has 0 aliphatic heterocycles. The first kappa shape index (κ1) is 21.1. The predicted octanol–water partition coefficient (Wildman–Crippen LogP) is 2.83. The molecule has 1 fully saturated rings. The van der Waals surface area contributed by atoms with E-state index in [0.29, 0.717) is 23.7 Å². The zero-order valence-electron chi connectivity index (χ0n) is 17.1. The van der Waals surface area contributed by atoms with Crippen LogP contribution in [0.5, 0.6) is 5.75 Å². The van der Waals surface area contributed by atoms with Gasteiger partial charge in [-0.25, -0.2) is 9.78 Å². The van der Waals surface area contributed by atoms with Crippen molar-refractivity contribution in [2.24, 2.45) is 0 Å². The molecule has 2 N–H and O–H groups in total. The van der Waals surface area contributed by atoms with Gasteiger partial charge in [-0.05, 0) is 49.6 Å². The summed E-state index contributed by atoms with van der Waals surface area (Å²) in [5, 5.41) is 3.54. The lowest BCUT2D eigenvalue weighted by atomic mass is 10.1. The fraction of sp³-hybridized carbons (Fsp3) is 0.364. The molecule has 8 nitrogen and oxygen atoms in total. The van der Waals surface area contributed by atoms with Crippen molar-refractivity contribution >= 4 is 28.5 Å². The molecule has 9 heteroatoms. The molecule has 3 aromatic rings. The number of ether oxygens (including phenoxy) is 1. The van der Waals surface area contributed by atoms with E-state index in [9.17, 15) is 14.4 Å². The Balaban J connectivity index is 1.60. The number of H-pyrrole nitrogens is 1. The first-order valence-electron chi connectivity index (χ1n) is 10.3. The second-order valence-electron chi connectivity index (χ2n) is 7.54. The minimum Gasteiger partial charge on any atom is -0.492 e. The fourth-order valence-electron chi connectivity index (χ4n) is 3.45. The second kappa shape index (κ2) is 8.93. The van der Waals surface area contributed by atoms with E-state index in [4.69, 9.17) is 16.3 Å². The van der Waals surface area contributed by atoms with Gasteiger partial charge in [-0.3, -0.25) is 19.1 Å². The maximum absolute atomic E-state index is 13.0. The molecular weight excluding hydrogens is 420 g/mol. The van der Waals surface area contributed by atoms with E-state index < -0.39 is 17.2 Å². The number of hydrogen-bond acceptors (Lipinski definition) is 5. The summed E-state index contributed by atoms with van der Waals surface area (Å²) in [7, 11) is 0. The van der Waals surface area contributed by atoms with Gasteiger partial charge in [-0.15, -0.1) is 0 Å². The summed E-state index contributed by atoms with van der Waals surface area (Å²) in [6.45, 7) is 2.84. The van der Waals surface area contributed by atoms with Crippen LogP contribution < -0.4 is 21.3 Å². The minimum absolute atomic E-state index is 0.133. The Morgan fingerprint density at radius 1 is 1.29 bits per heavy atom. The van der Waals surface area contributed by atoms with Crippen molar-refractivity contribution in [1.82, 2.24) is 19.9 Å². The molecule has 4 rings (SSSR count). The normalized spacial score (nSPS) is 13.4. The van der Waals surface area contributed by atoms with E-state index in [1.54, 1.807) is 30.3 Å². The first-order chi connectivity index (χ1) is 15.0. The number of aromatic amines is 1. The summed E-state index contributed by atoms with van der Waals surface area (Å²) < 4.78 is 7.03. The Labute approximate surface area is 183 Å². The van der Waals surface area contributed by atoms with Crippen molar-refractivity contribution in [3.63, 3.8) is 0 Å². The number of aryl methyl sites for hydroxylation is 1. The fourth-order valence-corrected chi connectivity index (χ4v) is 3.58. The molecular formula is C22H23ClN4O4. The van der Waals surface area contributed by atoms with Crippen LogP contribution in [0.3, 0.4) is 0 Å². The number of rotatable bonds is 8. The number of nitrogens with zero attached hydrogens (tertiary/aromatic N) is 2. The van der Waals surface area contributed by atoms with Crippen molar-refractivity contribution in [2.75, 3.05) is 13.2 Å². The molecule has 31 heavy (non-hydrogen) atoms. The summed E-state index contributed by atoms with van der Waals surface area (Å²) in [4.78, 5) is 44.8. The Kier molecular flexibility index (Phi) is 6.08. The first-order valence-corrected chi connectivity index (χ1v) is 10.7. The maximum atomic E-state index is 13.0. The van der Waals surface area contributed by atoms with Crippen molar-refractivity contribution in [3.8, 4) is 5.75 Å². The van der Waals surface area contributed by atoms with Crippen LogP contribution in [0.4, 0.5) is 0 Å². The lowest BCUT2D eigenvalue weighted by Crippen LogP contribution is -2.34. The van der Waals surface area contributed by atoms with Crippen LogP contribution in [0, 0.1) is 0 Å².